The van der Waals surface area contributed by atoms with Crippen molar-refractivity contribution >= 4 is 23.6 Å². The van der Waals surface area contributed by atoms with Gasteiger partial charge in [-0.15, -0.1) is 0 Å². The second kappa shape index (κ2) is 7.09. The third kappa shape index (κ3) is 3.46. The molecule has 0 bridgehead atoms. The van der Waals surface area contributed by atoms with Gasteiger partial charge in [0, 0.05) is 23.6 Å². The summed E-state index contributed by atoms with van der Waals surface area (Å²) in [7, 11) is 0. The molecule has 1 N–H and O–H groups in total. The highest BCUT2D eigenvalue weighted by atomic mass is 32.2. The lowest BCUT2D eigenvalue weighted by Crippen LogP contribution is -2.47. The van der Waals surface area contributed by atoms with Crippen LogP contribution in [0.1, 0.15) is 22.7 Å². The molecule has 0 saturated carbocycles. The first kappa shape index (κ1) is 16.6. The maximum Gasteiger partial charge on any atom is 0.305 e. The molecule has 1 aliphatic rings. The van der Waals surface area contributed by atoms with Gasteiger partial charge in [0.25, 0.3) is 5.91 Å². The van der Waals surface area contributed by atoms with Gasteiger partial charge in [-0.25, -0.2) is 4.98 Å². The monoisotopic (exact) mass is 346 g/mol. The first-order chi connectivity index (χ1) is 11.6. The summed E-state index contributed by atoms with van der Waals surface area (Å²) in [6.07, 6.45) is -0.0544. The minimum absolute atomic E-state index is 0.0544. The number of thioether (sulfide) groups is 1. The Morgan fingerprint density at radius 1 is 1.38 bits per heavy atom. The molecule has 126 valence electrons. The number of hydrogen-bond acceptors (Lipinski definition) is 5. The molecule has 2 aromatic rings. The van der Waals surface area contributed by atoms with Crippen LogP contribution in [0.15, 0.2) is 34.7 Å². The molecule has 1 atom stereocenters. The van der Waals surface area contributed by atoms with E-state index in [0.29, 0.717) is 23.9 Å². The van der Waals surface area contributed by atoms with E-state index in [9.17, 15) is 9.59 Å². The van der Waals surface area contributed by atoms with Crippen LogP contribution in [0.25, 0.3) is 11.5 Å². The van der Waals surface area contributed by atoms with Crippen molar-refractivity contribution in [2.24, 2.45) is 0 Å². The number of nitrogens with zero attached hydrogens (tertiary/aromatic N) is 2. The van der Waals surface area contributed by atoms with Gasteiger partial charge in [-0.2, -0.15) is 11.8 Å². The number of hydrogen-bond donors (Lipinski definition) is 1. The number of aromatic nitrogens is 1. The zero-order valence-corrected chi connectivity index (χ0v) is 14.1. The highest BCUT2D eigenvalue weighted by Gasteiger charge is 2.32. The van der Waals surface area contributed by atoms with Gasteiger partial charge in [0.2, 0.25) is 5.89 Å². The van der Waals surface area contributed by atoms with Gasteiger partial charge < -0.3 is 14.4 Å². The number of amides is 1. The maximum absolute atomic E-state index is 12.9. The normalized spacial score (nSPS) is 17.7. The molecular formula is C17H18N2O4S. The predicted octanol–water partition coefficient (Wildman–Crippen LogP) is 2.68. The lowest BCUT2D eigenvalue weighted by molar-refractivity contribution is -0.138. The Labute approximate surface area is 143 Å². The molecule has 0 spiro atoms. The van der Waals surface area contributed by atoms with E-state index >= 15 is 0 Å². The minimum atomic E-state index is -0.901. The Kier molecular flexibility index (Phi) is 4.89. The largest absolute Gasteiger partial charge is 0.481 e. The lowest BCUT2D eigenvalue weighted by Gasteiger charge is -2.34. The zero-order valence-electron chi connectivity index (χ0n) is 13.3. The fourth-order valence-corrected chi connectivity index (χ4v) is 3.79. The molecule has 6 nitrogen and oxygen atoms in total. The number of carbonyl (C=O) groups is 2. The predicted molar refractivity (Wildman–Crippen MR) is 91.1 cm³/mol. The van der Waals surface area contributed by atoms with Crippen LogP contribution >= 0.6 is 11.8 Å². The first-order valence-corrected chi connectivity index (χ1v) is 8.85. The van der Waals surface area contributed by atoms with Crippen molar-refractivity contribution < 1.29 is 19.1 Å². The summed E-state index contributed by atoms with van der Waals surface area (Å²) in [5.74, 6) is 1.11. The second-order valence-corrected chi connectivity index (χ2v) is 6.76. The van der Waals surface area contributed by atoms with E-state index in [1.807, 2.05) is 30.3 Å². The summed E-state index contributed by atoms with van der Waals surface area (Å²) < 4.78 is 5.65. The average molecular weight is 346 g/mol. The van der Waals surface area contributed by atoms with Crippen molar-refractivity contribution in [2.45, 2.75) is 19.4 Å². The number of carboxylic acids is 1. The van der Waals surface area contributed by atoms with Gasteiger partial charge in [-0.05, 0) is 19.1 Å². The van der Waals surface area contributed by atoms with Crippen LogP contribution in [0, 0.1) is 6.92 Å². The lowest BCUT2D eigenvalue weighted by atomic mass is 10.1. The number of benzene rings is 1. The molecule has 0 unspecified atom stereocenters. The van der Waals surface area contributed by atoms with Crippen molar-refractivity contribution in [3.63, 3.8) is 0 Å². The minimum Gasteiger partial charge on any atom is -0.481 e. The SMILES string of the molecule is Cc1oc(-c2ccccc2)nc1C(=O)N1CCSC[C@H]1CC(=O)O. The molecule has 1 aromatic heterocycles. The Balaban J connectivity index is 1.86. The number of oxazole rings is 1. The Morgan fingerprint density at radius 2 is 2.12 bits per heavy atom. The van der Waals surface area contributed by atoms with Gasteiger partial charge in [0.1, 0.15) is 5.76 Å². The Bertz CT molecular complexity index is 744. The molecule has 7 heteroatoms. The summed E-state index contributed by atoms with van der Waals surface area (Å²) in [6, 6.07) is 9.06. The number of carboxylic acid groups (broad SMARTS) is 1. The average Bonchev–Trinajstić information content (AvgIpc) is 2.97. The van der Waals surface area contributed by atoms with E-state index in [0.717, 1.165) is 11.3 Å². The maximum atomic E-state index is 12.9. The summed E-state index contributed by atoms with van der Waals surface area (Å²) in [5, 5.41) is 9.06. The van der Waals surface area contributed by atoms with Gasteiger partial charge in [0.05, 0.1) is 12.5 Å². The quantitative estimate of drug-likeness (QED) is 0.916. The number of rotatable bonds is 4. The molecule has 1 aliphatic heterocycles. The van der Waals surface area contributed by atoms with Crippen LogP contribution in [0.5, 0.6) is 0 Å². The first-order valence-electron chi connectivity index (χ1n) is 7.69. The number of aliphatic carboxylic acids is 1. The molecule has 1 fully saturated rings. The summed E-state index contributed by atoms with van der Waals surface area (Å²) >= 11 is 1.67. The van der Waals surface area contributed by atoms with Crippen LogP contribution in [0.2, 0.25) is 0 Å². The van der Waals surface area contributed by atoms with Crippen LogP contribution in [-0.4, -0.2) is 51.0 Å². The third-order valence-corrected chi connectivity index (χ3v) is 5.01. The molecule has 3 rings (SSSR count). The molecule has 1 amide bonds. The Hall–Kier alpha value is -2.28. The van der Waals surface area contributed by atoms with Gasteiger partial charge in [0.15, 0.2) is 5.69 Å². The molecule has 0 radical (unpaired) electrons. The second-order valence-electron chi connectivity index (χ2n) is 5.61. The number of carbonyl (C=O) groups excluding carboxylic acids is 1. The van der Waals surface area contributed by atoms with E-state index in [4.69, 9.17) is 9.52 Å². The fourth-order valence-electron chi connectivity index (χ4n) is 2.73. The molecular weight excluding hydrogens is 328 g/mol. The van der Waals surface area contributed by atoms with Crippen LogP contribution < -0.4 is 0 Å². The van der Waals surface area contributed by atoms with Crippen molar-refractivity contribution in [3.05, 3.63) is 41.8 Å². The van der Waals surface area contributed by atoms with E-state index in [-0.39, 0.29) is 24.1 Å². The third-order valence-electron chi connectivity index (χ3n) is 3.92. The topological polar surface area (TPSA) is 83.6 Å². The fraction of sp³-hybridized carbons (Fsp3) is 0.353. The smallest absolute Gasteiger partial charge is 0.305 e. The number of aryl methyl sites for hydroxylation is 1. The standard InChI is InChI=1S/C17H18N2O4S/c1-11-15(18-16(23-11)12-5-3-2-4-6-12)17(22)19-7-8-24-10-13(19)9-14(20)21/h2-6,13H,7-10H2,1H3,(H,20,21)/t13-/m1/s1. The van der Waals surface area contributed by atoms with Crippen molar-refractivity contribution in [2.75, 3.05) is 18.1 Å². The molecule has 24 heavy (non-hydrogen) atoms. The van der Waals surface area contributed by atoms with E-state index in [1.165, 1.54) is 0 Å². The summed E-state index contributed by atoms with van der Waals surface area (Å²) in [6.45, 7) is 2.23. The molecule has 1 saturated heterocycles. The van der Waals surface area contributed by atoms with Crippen molar-refractivity contribution in [3.8, 4) is 11.5 Å². The molecule has 2 heterocycles. The van der Waals surface area contributed by atoms with Gasteiger partial charge in [-0.1, -0.05) is 18.2 Å². The van der Waals surface area contributed by atoms with Gasteiger partial charge >= 0.3 is 5.97 Å². The van der Waals surface area contributed by atoms with Crippen LogP contribution in [0.3, 0.4) is 0 Å². The van der Waals surface area contributed by atoms with Crippen LogP contribution in [-0.2, 0) is 4.79 Å². The molecule has 1 aromatic carbocycles. The van der Waals surface area contributed by atoms with Gasteiger partial charge in [-0.3, -0.25) is 9.59 Å². The van der Waals surface area contributed by atoms with Crippen LogP contribution in [0.4, 0.5) is 0 Å². The van der Waals surface area contributed by atoms with E-state index in [1.54, 1.807) is 23.6 Å². The zero-order chi connectivity index (χ0) is 17.1. The van der Waals surface area contributed by atoms with Crippen molar-refractivity contribution in [1.82, 2.24) is 9.88 Å². The highest BCUT2D eigenvalue weighted by Crippen LogP contribution is 2.25. The summed E-state index contributed by atoms with van der Waals surface area (Å²) in [4.78, 5) is 29.9. The van der Waals surface area contributed by atoms with E-state index < -0.39 is 5.97 Å². The highest BCUT2D eigenvalue weighted by molar-refractivity contribution is 7.99. The summed E-state index contributed by atoms with van der Waals surface area (Å²) in [5.41, 5.74) is 1.06. The van der Waals surface area contributed by atoms with Crippen molar-refractivity contribution in [1.29, 1.82) is 0 Å². The Morgan fingerprint density at radius 3 is 2.83 bits per heavy atom. The molecule has 0 aliphatic carbocycles. The van der Waals surface area contributed by atoms with E-state index in [2.05, 4.69) is 4.98 Å².